The summed E-state index contributed by atoms with van der Waals surface area (Å²) >= 11 is 0. The summed E-state index contributed by atoms with van der Waals surface area (Å²) in [5, 5.41) is 3.15. The lowest BCUT2D eigenvalue weighted by Gasteiger charge is -2.35. The maximum atomic E-state index is 12.5. The van der Waals surface area contributed by atoms with Crippen molar-refractivity contribution in [1.29, 1.82) is 0 Å². The van der Waals surface area contributed by atoms with Gasteiger partial charge in [0.15, 0.2) is 5.79 Å². The van der Waals surface area contributed by atoms with E-state index in [-0.39, 0.29) is 17.7 Å². The summed E-state index contributed by atoms with van der Waals surface area (Å²) in [6, 6.07) is 4.07. The Morgan fingerprint density at radius 3 is 2.38 bits per heavy atom. The average Bonchev–Trinajstić information content (AvgIpc) is 2.95. The normalized spacial score (nSPS) is 23.8. The summed E-state index contributed by atoms with van der Waals surface area (Å²) in [7, 11) is 0. The Kier molecular flexibility index (Phi) is 5.41. The van der Waals surface area contributed by atoms with Gasteiger partial charge in [0.25, 0.3) is 5.91 Å². The topological polar surface area (TPSA) is 63.7 Å². The van der Waals surface area contributed by atoms with Gasteiger partial charge in [0.1, 0.15) is 5.82 Å². The fourth-order valence-electron chi connectivity index (χ4n) is 4.26. The van der Waals surface area contributed by atoms with Crippen LogP contribution in [-0.4, -0.2) is 49.0 Å². The molecule has 4 rings (SSSR count). The molecule has 6 heteroatoms. The fraction of sp³-hybridized carbons (Fsp3) is 0.700. The standard InChI is InChI=1S/C20H29N3O3/c24-19(22-17-7-9-20(10-8-17)25-13-14-26-20)16-5-6-18(21-15-16)23-11-3-1-2-4-12-23/h5-6,15,17H,1-4,7-14H2,(H,22,24). The molecular formula is C20H29N3O3. The van der Waals surface area contributed by atoms with Gasteiger partial charge in [-0.25, -0.2) is 4.98 Å². The number of amides is 1. The number of ether oxygens (including phenoxy) is 2. The van der Waals surface area contributed by atoms with Crippen molar-refractivity contribution >= 4 is 11.7 Å². The minimum absolute atomic E-state index is 0.0332. The molecule has 1 aliphatic carbocycles. The first-order valence-corrected chi connectivity index (χ1v) is 10.0. The van der Waals surface area contributed by atoms with Gasteiger partial charge in [0.2, 0.25) is 0 Å². The number of carbonyl (C=O) groups excluding carboxylic acids is 1. The van der Waals surface area contributed by atoms with Crippen molar-refractivity contribution in [1.82, 2.24) is 10.3 Å². The zero-order valence-corrected chi connectivity index (χ0v) is 15.4. The van der Waals surface area contributed by atoms with Crippen molar-refractivity contribution in [3.8, 4) is 0 Å². The van der Waals surface area contributed by atoms with Crippen LogP contribution in [0.3, 0.4) is 0 Å². The highest BCUT2D eigenvalue weighted by Gasteiger charge is 2.40. The van der Waals surface area contributed by atoms with E-state index < -0.39 is 0 Å². The van der Waals surface area contributed by atoms with Gasteiger partial charge in [-0.3, -0.25) is 4.79 Å². The van der Waals surface area contributed by atoms with Crippen molar-refractivity contribution in [2.75, 3.05) is 31.2 Å². The van der Waals surface area contributed by atoms with E-state index in [1.165, 1.54) is 25.7 Å². The third kappa shape index (κ3) is 4.01. The number of hydrogen-bond donors (Lipinski definition) is 1. The van der Waals surface area contributed by atoms with Gasteiger partial charge in [0, 0.05) is 38.2 Å². The van der Waals surface area contributed by atoms with Crippen LogP contribution in [0.25, 0.3) is 0 Å². The second-order valence-electron chi connectivity index (χ2n) is 7.66. The lowest BCUT2D eigenvalue weighted by Crippen LogP contribution is -2.44. The quantitative estimate of drug-likeness (QED) is 0.899. The van der Waals surface area contributed by atoms with Crippen LogP contribution in [0.4, 0.5) is 5.82 Å². The van der Waals surface area contributed by atoms with Gasteiger partial charge in [0.05, 0.1) is 18.8 Å². The molecule has 0 unspecified atom stereocenters. The van der Waals surface area contributed by atoms with Crippen molar-refractivity contribution in [2.24, 2.45) is 0 Å². The van der Waals surface area contributed by atoms with Crippen LogP contribution >= 0.6 is 0 Å². The molecule has 0 aromatic carbocycles. The number of hydrogen-bond acceptors (Lipinski definition) is 5. The molecule has 1 N–H and O–H groups in total. The van der Waals surface area contributed by atoms with Crippen LogP contribution in [0.5, 0.6) is 0 Å². The lowest BCUT2D eigenvalue weighted by molar-refractivity contribution is -0.179. The van der Waals surface area contributed by atoms with Crippen LogP contribution in [0.1, 0.15) is 61.7 Å². The molecule has 6 nitrogen and oxygen atoms in total. The number of nitrogens with zero attached hydrogens (tertiary/aromatic N) is 2. The molecule has 0 radical (unpaired) electrons. The third-order valence-electron chi connectivity index (χ3n) is 5.84. The molecule has 1 aromatic heterocycles. The summed E-state index contributed by atoms with van der Waals surface area (Å²) in [5.41, 5.74) is 0.636. The first-order valence-electron chi connectivity index (χ1n) is 10.0. The molecule has 26 heavy (non-hydrogen) atoms. The van der Waals surface area contributed by atoms with E-state index in [1.807, 2.05) is 12.1 Å². The monoisotopic (exact) mass is 359 g/mol. The Bertz CT molecular complexity index is 595. The zero-order valence-electron chi connectivity index (χ0n) is 15.4. The molecule has 1 amide bonds. The Balaban J connectivity index is 1.30. The first kappa shape index (κ1) is 17.7. The smallest absolute Gasteiger partial charge is 0.253 e. The Morgan fingerprint density at radius 1 is 1.08 bits per heavy atom. The summed E-state index contributed by atoms with van der Waals surface area (Å²) < 4.78 is 11.5. The van der Waals surface area contributed by atoms with Gasteiger partial charge < -0.3 is 19.7 Å². The molecule has 1 aromatic rings. The average molecular weight is 359 g/mol. The second-order valence-corrected chi connectivity index (χ2v) is 7.66. The van der Waals surface area contributed by atoms with E-state index >= 15 is 0 Å². The van der Waals surface area contributed by atoms with E-state index in [0.29, 0.717) is 18.8 Å². The summed E-state index contributed by atoms with van der Waals surface area (Å²) in [5.74, 6) is 0.574. The molecule has 0 atom stereocenters. The highest BCUT2D eigenvalue weighted by molar-refractivity contribution is 5.94. The first-order chi connectivity index (χ1) is 12.7. The lowest BCUT2D eigenvalue weighted by atomic mass is 9.90. The van der Waals surface area contributed by atoms with Crippen molar-refractivity contribution < 1.29 is 14.3 Å². The van der Waals surface area contributed by atoms with Gasteiger partial charge in [-0.1, -0.05) is 12.8 Å². The number of rotatable bonds is 3. The van der Waals surface area contributed by atoms with Crippen molar-refractivity contribution in [3.63, 3.8) is 0 Å². The molecule has 0 bridgehead atoms. The van der Waals surface area contributed by atoms with Crippen LogP contribution in [0.2, 0.25) is 0 Å². The van der Waals surface area contributed by atoms with E-state index in [9.17, 15) is 4.79 Å². The number of carbonyl (C=O) groups is 1. The predicted molar refractivity (Wildman–Crippen MR) is 99.3 cm³/mol. The van der Waals surface area contributed by atoms with Gasteiger partial charge >= 0.3 is 0 Å². The largest absolute Gasteiger partial charge is 0.357 e. The maximum Gasteiger partial charge on any atom is 0.253 e. The van der Waals surface area contributed by atoms with Crippen molar-refractivity contribution in [2.45, 2.75) is 63.2 Å². The molecule has 3 heterocycles. The van der Waals surface area contributed by atoms with Gasteiger partial charge in [-0.2, -0.15) is 0 Å². The Hall–Kier alpha value is -1.66. The zero-order chi connectivity index (χ0) is 17.8. The SMILES string of the molecule is O=C(NC1CCC2(CC1)OCCO2)c1ccc(N2CCCCCC2)nc1. The van der Waals surface area contributed by atoms with Crippen LogP contribution in [0, 0.1) is 0 Å². The van der Waals surface area contributed by atoms with Crippen molar-refractivity contribution in [3.05, 3.63) is 23.9 Å². The van der Waals surface area contributed by atoms with Crippen LogP contribution in [-0.2, 0) is 9.47 Å². The Morgan fingerprint density at radius 2 is 1.77 bits per heavy atom. The summed E-state index contributed by atoms with van der Waals surface area (Å²) in [6.45, 7) is 3.50. The molecule has 3 aliphatic rings. The minimum atomic E-state index is -0.377. The summed E-state index contributed by atoms with van der Waals surface area (Å²) in [6.07, 6.45) is 10.2. The van der Waals surface area contributed by atoms with E-state index in [1.54, 1.807) is 6.20 Å². The van der Waals surface area contributed by atoms with E-state index in [0.717, 1.165) is 44.6 Å². The minimum Gasteiger partial charge on any atom is -0.357 e. The molecule has 2 aliphatic heterocycles. The molecular weight excluding hydrogens is 330 g/mol. The summed E-state index contributed by atoms with van der Waals surface area (Å²) in [4.78, 5) is 19.4. The van der Waals surface area contributed by atoms with Gasteiger partial charge in [-0.05, 0) is 37.8 Å². The van der Waals surface area contributed by atoms with E-state index in [4.69, 9.17) is 9.47 Å². The molecule has 3 fully saturated rings. The van der Waals surface area contributed by atoms with Gasteiger partial charge in [-0.15, -0.1) is 0 Å². The second kappa shape index (κ2) is 7.92. The van der Waals surface area contributed by atoms with Crippen LogP contribution in [0.15, 0.2) is 18.3 Å². The molecule has 2 saturated heterocycles. The molecule has 142 valence electrons. The van der Waals surface area contributed by atoms with E-state index in [2.05, 4.69) is 15.2 Å². The third-order valence-corrected chi connectivity index (χ3v) is 5.84. The molecule has 1 spiro atoms. The highest BCUT2D eigenvalue weighted by atomic mass is 16.7. The Labute approximate surface area is 155 Å². The highest BCUT2D eigenvalue weighted by Crippen LogP contribution is 2.35. The van der Waals surface area contributed by atoms with Crippen LogP contribution < -0.4 is 10.2 Å². The number of nitrogens with one attached hydrogen (secondary N) is 1. The number of aromatic nitrogens is 1. The molecule has 1 saturated carbocycles. The maximum absolute atomic E-state index is 12.5. The fourth-order valence-corrected chi connectivity index (χ4v) is 4.26. The number of pyridine rings is 1. The number of anilines is 1. The predicted octanol–water partition coefficient (Wildman–Crippen LogP) is 2.88.